The third-order valence-corrected chi connectivity index (χ3v) is 10.7. The summed E-state index contributed by atoms with van der Waals surface area (Å²) in [4.78, 5) is 29.8. The standard InChI is InChI=1S/C31H37N3O5S2/c1-4-39-31(36)28-26-14-15-33(19-23-8-6-5-7-9-23)20-27(26)40-30(28)32-29(35)24-10-12-25(13-11-24)41(37,38)34-17-21(2)16-22(3)18-34/h5-13,21-22H,4,14-20H2,1-3H3,(H,32,35)/t21-,22-/m1/s1. The molecule has 8 nitrogen and oxygen atoms in total. The molecule has 0 aliphatic carbocycles. The number of esters is 1. The lowest BCUT2D eigenvalue weighted by Gasteiger charge is -2.34. The number of rotatable bonds is 8. The summed E-state index contributed by atoms with van der Waals surface area (Å²) in [6.07, 6.45) is 1.69. The second-order valence-corrected chi connectivity index (χ2v) is 14.2. The number of amides is 1. The highest BCUT2D eigenvalue weighted by Gasteiger charge is 2.32. The molecule has 2 atom stereocenters. The van der Waals surface area contributed by atoms with Crippen molar-refractivity contribution in [2.75, 3.05) is 31.6 Å². The Morgan fingerprint density at radius 3 is 2.37 bits per heavy atom. The number of piperidine rings is 1. The van der Waals surface area contributed by atoms with Gasteiger partial charge in [0.2, 0.25) is 10.0 Å². The van der Waals surface area contributed by atoms with Crippen molar-refractivity contribution in [3.63, 3.8) is 0 Å². The predicted octanol–water partition coefficient (Wildman–Crippen LogP) is 5.40. The van der Waals surface area contributed by atoms with Crippen LogP contribution in [0.2, 0.25) is 0 Å². The lowest BCUT2D eigenvalue weighted by atomic mass is 9.94. The highest BCUT2D eigenvalue weighted by molar-refractivity contribution is 7.89. The quantitative estimate of drug-likeness (QED) is 0.350. The number of fused-ring (bicyclic) bond motifs is 1. The highest BCUT2D eigenvalue weighted by Crippen LogP contribution is 2.38. The number of sulfonamides is 1. The first kappa shape index (κ1) is 29.4. The minimum absolute atomic E-state index is 0.174. The van der Waals surface area contributed by atoms with Gasteiger partial charge in [-0.1, -0.05) is 44.2 Å². The molecule has 1 fully saturated rings. The van der Waals surface area contributed by atoms with Gasteiger partial charge >= 0.3 is 5.97 Å². The van der Waals surface area contributed by atoms with E-state index in [1.165, 1.54) is 41.2 Å². The summed E-state index contributed by atoms with van der Waals surface area (Å²) in [6.45, 7) is 9.41. The van der Waals surface area contributed by atoms with Crippen molar-refractivity contribution < 1.29 is 22.7 Å². The van der Waals surface area contributed by atoms with Crippen LogP contribution in [0.5, 0.6) is 0 Å². The summed E-state index contributed by atoms with van der Waals surface area (Å²) in [6, 6.07) is 16.3. The van der Waals surface area contributed by atoms with Crippen LogP contribution in [-0.2, 0) is 34.3 Å². The molecule has 0 radical (unpaired) electrons. The van der Waals surface area contributed by atoms with Crippen molar-refractivity contribution in [3.05, 3.63) is 81.7 Å². The third-order valence-electron chi connectivity index (χ3n) is 7.68. The number of hydrogen-bond acceptors (Lipinski definition) is 7. The van der Waals surface area contributed by atoms with Crippen molar-refractivity contribution in [3.8, 4) is 0 Å². The Morgan fingerprint density at radius 2 is 1.71 bits per heavy atom. The Bertz CT molecular complexity index is 1490. The maximum absolute atomic E-state index is 13.3. The van der Waals surface area contributed by atoms with Crippen molar-refractivity contribution in [1.82, 2.24) is 9.21 Å². The van der Waals surface area contributed by atoms with E-state index >= 15 is 0 Å². The summed E-state index contributed by atoms with van der Waals surface area (Å²) in [5.41, 5.74) is 2.89. The molecule has 218 valence electrons. The smallest absolute Gasteiger partial charge is 0.341 e. The fourth-order valence-corrected chi connectivity index (χ4v) is 8.80. The summed E-state index contributed by atoms with van der Waals surface area (Å²) in [5, 5.41) is 3.39. The number of nitrogens with one attached hydrogen (secondary N) is 1. The van der Waals surface area contributed by atoms with Crippen molar-refractivity contribution in [2.45, 2.75) is 51.6 Å². The van der Waals surface area contributed by atoms with Gasteiger partial charge in [-0.05, 0) is 67.0 Å². The zero-order chi connectivity index (χ0) is 29.1. The van der Waals surface area contributed by atoms with Gasteiger partial charge in [-0.25, -0.2) is 13.2 Å². The van der Waals surface area contributed by atoms with E-state index in [1.807, 2.05) is 18.2 Å². The predicted molar refractivity (Wildman–Crippen MR) is 161 cm³/mol. The molecule has 0 unspecified atom stereocenters. The molecule has 0 bridgehead atoms. The van der Waals surface area contributed by atoms with Gasteiger partial charge < -0.3 is 10.1 Å². The van der Waals surface area contributed by atoms with Crippen LogP contribution in [0.1, 0.15) is 63.9 Å². The highest BCUT2D eigenvalue weighted by atomic mass is 32.2. The molecular formula is C31H37N3O5S2. The zero-order valence-corrected chi connectivity index (χ0v) is 25.4. The van der Waals surface area contributed by atoms with Gasteiger partial charge in [-0.15, -0.1) is 11.3 Å². The van der Waals surface area contributed by atoms with Gasteiger partial charge in [-0.2, -0.15) is 4.31 Å². The molecule has 10 heteroatoms. The normalized spacial score (nSPS) is 19.9. The Hall–Kier alpha value is -3.05. The Balaban J connectivity index is 1.34. The van der Waals surface area contributed by atoms with Gasteiger partial charge in [0.25, 0.3) is 5.91 Å². The molecule has 2 aliphatic heterocycles. The lowest BCUT2D eigenvalue weighted by molar-refractivity contribution is 0.0526. The summed E-state index contributed by atoms with van der Waals surface area (Å²) in [5.74, 6) is -0.244. The average Bonchev–Trinajstić information content (AvgIpc) is 3.30. The fourth-order valence-electron chi connectivity index (χ4n) is 5.84. The van der Waals surface area contributed by atoms with E-state index in [2.05, 4.69) is 36.2 Å². The molecule has 2 aliphatic rings. The van der Waals surface area contributed by atoms with E-state index in [1.54, 1.807) is 11.2 Å². The van der Waals surface area contributed by atoms with Gasteiger partial charge in [0.15, 0.2) is 0 Å². The average molecular weight is 596 g/mol. The number of carbonyl (C=O) groups is 2. The number of anilines is 1. The molecule has 1 saturated heterocycles. The van der Waals surface area contributed by atoms with Crippen LogP contribution in [0.15, 0.2) is 59.5 Å². The third kappa shape index (κ3) is 6.56. The lowest BCUT2D eigenvalue weighted by Crippen LogP contribution is -2.42. The molecule has 5 rings (SSSR count). The Labute approximate surface area is 246 Å². The van der Waals surface area contributed by atoms with Crippen LogP contribution in [0.3, 0.4) is 0 Å². The molecule has 3 aromatic rings. The maximum atomic E-state index is 13.3. The first-order valence-corrected chi connectivity index (χ1v) is 16.4. The van der Waals surface area contributed by atoms with Crippen LogP contribution in [-0.4, -0.2) is 55.7 Å². The molecule has 0 spiro atoms. The van der Waals surface area contributed by atoms with Gasteiger partial charge in [0.05, 0.1) is 17.1 Å². The number of ether oxygens (including phenoxy) is 1. The molecule has 1 N–H and O–H groups in total. The van der Waals surface area contributed by atoms with E-state index in [-0.39, 0.29) is 11.5 Å². The minimum atomic E-state index is -3.65. The van der Waals surface area contributed by atoms with E-state index < -0.39 is 21.9 Å². The monoisotopic (exact) mass is 595 g/mol. The first-order chi connectivity index (χ1) is 19.7. The molecule has 0 saturated carbocycles. The molecule has 2 aromatic carbocycles. The second kappa shape index (κ2) is 12.4. The minimum Gasteiger partial charge on any atom is -0.462 e. The summed E-state index contributed by atoms with van der Waals surface area (Å²) < 4.78 is 33.4. The van der Waals surface area contributed by atoms with Gasteiger partial charge in [-0.3, -0.25) is 9.69 Å². The van der Waals surface area contributed by atoms with E-state index in [4.69, 9.17) is 4.74 Å². The Kier molecular flexibility index (Phi) is 8.94. The largest absolute Gasteiger partial charge is 0.462 e. The van der Waals surface area contributed by atoms with Crippen LogP contribution in [0, 0.1) is 11.8 Å². The van der Waals surface area contributed by atoms with Crippen molar-refractivity contribution in [1.29, 1.82) is 0 Å². The number of thiophene rings is 1. The number of nitrogens with zero attached hydrogens (tertiary/aromatic N) is 2. The SMILES string of the molecule is CCOC(=O)c1c(NC(=O)c2ccc(S(=O)(=O)N3C[C@H](C)C[C@@H](C)C3)cc2)sc2c1CCN(Cc1ccccc1)C2. The van der Waals surface area contributed by atoms with E-state index in [0.717, 1.165) is 30.0 Å². The van der Waals surface area contributed by atoms with E-state index in [9.17, 15) is 18.0 Å². The topological polar surface area (TPSA) is 96.0 Å². The number of carbonyl (C=O) groups excluding carboxylic acids is 2. The van der Waals surface area contributed by atoms with Crippen molar-refractivity contribution >= 4 is 38.2 Å². The maximum Gasteiger partial charge on any atom is 0.341 e. The summed E-state index contributed by atoms with van der Waals surface area (Å²) in [7, 11) is -3.65. The Morgan fingerprint density at radius 1 is 1.02 bits per heavy atom. The molecule has 1 amide bonds. The van der Waals surface area contributed by atoms with E-state index in [0.29, 0.717) is 54.0 Å². The molecular weight excluding hydrogens is 558 g/mol. The van der Waals surface area contributed by atoms with Crippen molar-refractivity contribution in [2.24, 2.45) is 11.8 Å². The van der Waals surface area contributed by atoms with Crippen LogP contribution < -0.4 is 5.32 Å². The fraction of sp³-hybridized carbons (Fsp3) is 0.419. The van der Waals surface area contributed by atoms with Crippen LogP contribution in [0.4, 0.5) is 5.00 Å². The first-order valence-electron chi connectivity index (χ1n) is 14.1. The molecule has 3 heterocycles. The van der Waals surface area contributed by atoms with Crippen LogP contribution in [0.25, 0.3) is 0 Å². The molecule has 41 heavy (non-hydrogen) atoms. The van der Waals surface area contributed by atoms with Crippen LogP contribution >= 0.6 is 11.3 Å². The second-order valence-electron chi connectivity index (χ2n) is 11.1. The molecule has 1 aromatic heterocycles. The number of hydrogen-bond donors (Lipinski definition) is 1. The number of benzene rings is 2. The van der Waals surface area contributed by atoms with Gasteiger partial charge in [0, 0.05) is 43.2 Å². The summed E-state index contributed by atoms with van der Waals surface area (Å²) >= 11 is 1.40. The van der Waals surface area contributed by atoms with Gasteiger partial charge in [0.1, 0.15) is 5.00 Å². The zero-order valence-electron chi connectivity index (χ0n) is 23.8.